The van der Waals surface area contributed by atoms with E-state index in [0.29, 0.717) is 13.0 Å². The fourth-order valence-electron chi connectivity index (χ4n) is 4.45. The third-order valence-corrected chi connectivity index (χ3v) is 8.18. The lowest BCUT2D eigenvalue weighted by molar-refractivity contribution is -0.154. The van der Waals surface area contributed by atoms with Crippen LogP contribution < -0.4 is 5.73 Å². The summed E-state index contributed by atoms with van der Waals surface area (Å²) in [5.41, 5.74) is 5.35. The molecule has 294 valence electrons. The topological polar surface area (TPSA) is 117 Å². The second kappa shape index (κ2) is 39.4. The van der Waals surface area contributed by atoms with Gasteiger partial charge in [0.15, 0.2) is 0 Å². The number of ether oxygens (including phenoxy) is 2. The average Bonchev–Trinajstić information content (AvgIpc) is 3.13. The lowest BCUT2D eigenvalue weighted by atomic mass is 10.1. The van der Waals surface area contributed by atoms with Gasteiger partial charge in [0.25, 0.3) is 0 Å². The van der Waals surface area contributed by atoms with E-state index in [1.807, 2.05) is 12.2 Å². The molecule has 9 heteroatoms. The molecule has 2 atom stereocenters. The molecular formula is C43H70NO7P. The standard InChI is InChI=1S/C43H70NO7P/c1-3-5-7-9-11-13-15-17-19-20-21-22-23-24-26-28-30-32-34-36-43(45)51-42(41-50-52(46,47)49-39-37-44)40-48-38-35-33-31-29-27-25-18-16-14-12-10-8-6-4-2/h5-8,11-14,17-19,21-22,24-26,30,32,42H,3-4,9-10,15-16,20,23,27-29,31,33-41,44H2,1-2H3,(H,46,47)/b7-5-,8-6-,13-11-,14-12-,19-17-,22-21-,25-18-,26-24-,32-30-. The Balaban J connectivity index is 4.30. The quantitative estimate of drug-likeness (QED) is 0.0285. The summed E-state index contributed by atoms with van der Waals surface area (Å²) in [7, 11) is -4.31. The molecule has 0 heterocycles. The molecule has 0 aliphatic rings. The molecule has 0 rings (SSSR count). The minimum atomic E-state index is -4.31. The van der Waals surface area contributed by atoms with Crippen LogP contribution in [0.1, 0.15) is 117 Å². The fraction of sp³-hybridized carbons (Fsp3) is 0.558. The maximum atomic E-state index is 12.5. The van der Waals surface area contributed by atoms with E-state index in [2.05, 4.69) is 111 Å². The van der Waals surface area contributed by atoms with Gasteiger partial charge in [0.05, 0.1) is 19.8 Å². The highest BCUT2D eigenvalue weighted by molar-refractivity contribution is 7.47. The van der Waals surface area contributed by atoms with Gasteiger partial charge in [-0.3, -0.25) is 13.8 Å². The molecule has 0 aromatic rings. The van der Waals surface area contributed by atoms with Gasteiger partial charge < -0.3 is 20.1 Å². The molecule has 8 nitrogen and oxygen atoms in total. The van der Waals surface area contributed by atoms with Crippen LogP contribution in [-0.2, 0) is 27.9 Å². The summed E-state index contributed by atoms with van der Waals surface area (Å²) in [6, 6.07) is 0. The van der Waals surface area contributed by atoms with E-state index in [9.17, 15) is 14.3 Å². The number of allylic oxidation sites excluding steroid dienone is 18. The maximum Gasteiger partial charge on any atom is 0.472 e. The Morgan fingerprint density at radius 2 is 1.02 bits per heavy atom. The number of esters is 1. The van der Waals surface area contributed by atoms with E-state index in [1.165, 1.54) is 0 Å². The van der Waals surface area contributed by atoms with E-state index >= 15 is 0 Å². The number of hydrogen-bond acceptors (Lipinski definition) is 7. The zero-order valence-corrected chi connectivity index (χ0v) is 33.1. The third kappa shape index (κ3) is 38.4. The molecule has 0 saturated heterocycles. The Morgan fingerprint density at radius 3 is 1.50 bits per heavy atom. The predicted octanol–water partition coefficient (Wildman–Crippen LogP) is 11.3. The first-order valence-corrected chi connectivity index (χ1v) is 20.9. The Kier molecular flexibility index (Phi) is 37.2. The molecule has 0 fully saturated rings. The van der Waals surface area contributed by atoms with Gasteiger partial charge in [-0.15, -0.1) is 0 Å². The number of unbranched alkanes of at least 4 members (excludes halogenated alkanes) is 4. The third-order valence-electron chi connectivity index (χ3n) is 7.20. The van der Waals surface area contributed by atoms with Crippen LogP contribution in [0.5, 0.6) is 0 Å². The smallest absolute Gasteiger partial charge is 0.457 e. The van der Waals surface area contributed by atoms with Crippen molar-refractivity contribution < 1.29 is 32.8 Å². The van der Waals surface area contributed by atoms with Gasteiger partial charge in [-0.05, 0) is 83.5 Å². The minimum absolute atomic E-state index is 0.0625. The first-order chi connectivity index (χ1) is 25.4. The van der Waals surface area contributed by atoms with Crippen molar-refractivity contribution in [2.24, 2.45) is 5.73 Å². The Labute approximate surface area is 316 Å². The van der Waals surface area contributed by atoms with Crippen molar-refractivity contribution in [1.82, 2.24) is 0 Å². The van der Waals surface area contributed by atoms with Crippen molar-refractivity contribution >= 4 is 13.8 Å². The van der Waals surface area contributed by atoms with Crippen molar-refractivity contribution in [2.45, 2.75) is 123 Å². The molecule has 0 aromatic carbocycles. The normalized spacial score (nSPS) is 14.8. The summed E-state index contributed by atoms with van der Waals surface area (Å²) in [5, 5.41) is 0. The first-order valence-electron chi connectivity index (χ1n) is 19.4. The van der Waals surface area contributed by atoms with Gasteiger partial charge in [0, 0.05) is 19.6 Å². The summed E-state index contributed by atoms with van der Waals surface area (Å²) in [6.45, 7) is 4.48. The molecular weight excluding hydrogens is 673 g/mol. The second-order valence-electron chi connectivity index (χ2n) is 12.0. The molecule has 0 saturated carbocycles. The van der Waals surface area contributed by atoms with Crippen molar-refractivity contribution in [3.05, 3.63) is 109 Å². The SMILES string of the molecule is CC/C=C\C/C=C\C/C=C\C/C=C\C/C=C\C/C=C\CCC(=O)OC(COCCCCCC/C=C\C/C=C\C/C=C\CC)COP(=O)(O)OCCN. The Hall–Kier alpha value is -2.84. The summed E-state index contributed by atoms with van der Waals surface area (Å²) in [5.74, 6) is -0.427. The van der Waals surface area contributed by atoms with Crippen LogP contribution in [0.25, 0.3) is 0 Å². The van der Waals surface area contributed by atoms with E-state index in [4.69, 9.17) is 24.3 Å². The molecule has 0 bridgehead atoms. The van der Waals surface area contributed by atoms with E-state index < -0.39 is 19.9 Å². The highest BCUT2D eigenvalue weighted by Crippen LogP contribution is 2.43. The van der Waals surface area contributed by atoms with Gasteiger partial charge in [0.2, 0.25) is 0 Å². The fourth-order valence-corrected chi connectivity index (χ4v) is 5.21. The summed E-state index contributed by atoms with van der Waals surface area (Å²) in [4.78, 5) is 22.4. The molecule has 0 spiro atoms. The highest BCUT2D eigenvalue weighted by atomic mass is 31.2. The number of rotatable bonds is 35. The largest absolute Gasteiger partial charge is 0.472 e. The van der Waals surface area contributed by atoms with Crippen LogP contribution in [0.4, 0.5) is 0 Å². The van der Waals surface area contributed by atoms with Crippen LogP contribution in [-0.4, -0.2) is 49.9 Å². The van der Waals surface area contributed by atoms with Gasteiger partial charge in [-0.1, -0.05) is 136 Å². The van der Waals surface area contributed by atoms with Crippen LogP contribution >= 0.6 is 7.82 Å². The van der Waals surface area contributed by atoms with E-state index in [0.717, 1.165) is 89.9 Å². The van der Waals surface area contributed by atoms with Crippen LogP contribution in [0, 0.1) is 0 Å². The molecule has 52 heavy (non-hydrogen) atoms. The molecule has 0 amide bonds. The number of carbonyl (C=O) groups is 1. The molecule has 0 aliphatic heterocycles. The van der Waals surface area contributed by atoms with Crippen molar-refractivity contribution in [3.8, 4) is 0 Å². The minimum Gasteiger partial charge on any atom is -0.457 e. The molecule has 0 aromatic heterocycles. The van der Waals surface area contributed by atoms with Crippen molar-refractivity contribution in [2.75, 3.05) is 33.0 Å². The Bertz CT molecular complexity index is 1150. The number of hydrogen-bond donors (Lipinski definition) is 2. The Morgan fingerprint density at radius 1 is 0.577 bits per heavy atom. The van der Waals surface area contributed by atoms with Gasteiger partial charge in [-0.25, -0.2) is 4.57 Å². The monoisotopic (exact) mass is 743 g/mol. The number of nitrogens with two attached hydrogens (primary N) is 1. The van der Waals surface area contributed by atoms with Crippen LogP contribution in [0.15, 0.2) is 109 Å². The summed E-state index contributed by atoms with van der Waals surface area (Å²) >= 11 is 0. The van der Waals surface area contributed by atoms with E-state index in [-0.39, 0.29) is 32.8 Å². The zero-order chi connectivity index (χ0) is 38.1. The summed E-state index contributed by atoms with van der Waals surface area (Å²) in [6.07, 6.45) is 52.6. The van der Waals surface area contributed by atoms with E-state index in [1.54, 1.807) is 0 Å². The lowest BCUT2D eigenvalue weighted by Gasteiger charge is -2.19. The number of carbonyl (C=O) groups excluding carboxylic acids is 1. The van der Waals surface area contributed by atoms with Gasteiger partial charge in [-0.2, -0.15) is 0 Å². The average molecular weight is 744 g/mol. The zero-order valence-electron chi connectivity index (χ0n) is 32.2. The molecule has 3 N–H and O–H groups in total. The van der Waals surface area contributed by atoms with Gasteiger partial charge in [0.1, 0.15) is 6.10 Å². The first kappa shape index (κ1) is 49.2. The predicted molar refractivity (Wildman–Crippen MR) is 219 cm³/mol. The van der Waals surface area contributed by atoms with Crippen LogP contribution in [0.3, 0.4) is 0 Å². The van der Waals surface area contributed by atoms with Gasteiger partial charge >= 0.3 is 13.8 Å². The molecule has 0 aliphatic carbocycles. The molecule has 2 unspecified atom stereocenters. The lowest BCUT2D eigenvalue weighted by Crippen LogP contribution is -2.28. The van der Waals surface area contributed by atoms with Crippen LogP contribution in [0.2, 0.25) is 0 Å². The number of phosphoric acid groups is 1. The summed E-state index contributed by atoms with van der Waals surface area (Å²) < 4.78 is 33.2. The highest BCUT2D eigenvalue weighted by Gasteiger charge is 2.25. The maximum absolute atomic E-state index is 12.5. The second-order valence-corrected chi connectivity index (χ2v) is 13.5. The molecule has 0 radical (unpaired) electrons. The number of phosphoric ester groups is 1. The van der Waals surface area contributed by atoms with Crippen molar-refractivity contribution in [1.29, 1.82) is 0 Å². The van der Waals surface area contributed by atoms with Crippen molar-refractivity contribution in [3.63, 3.8) is 0 Å².